The van der Waals surface area contributed by atoms with Crippen molar-refractivity contribution in [1.29, 1.82) is 0 Å². The summed E-state index contributed by atoms with van der Waals surface area (Å²) in [6, 6.07) is 5.74. The van der Waals surface area contributed by atoms with Crippen LogP contribution < -0.4 is 0 Å². The Morgan fingerprint density at radius 2 is 2.31 bits per heavy atom. The lowest BCUT2D eigenvalue weighted by Gasteiger charge is -2.07. The van der Waals surface area contributed by atoms with Gasteiger partial charge in [-0.3, -0.25) is 4.79 Å². The van der Waals surface area contributed by atoms with Crippen molar-refractivity contribution in [2.75, 3.05) is 0 Å². The predicted octanol–water partition coefficient (Wildman–Crippen LogP) is 3.08. The molecule has 2 rings (SSSR count). The minimum atomic E-state index is -0.783. The normalized spacial score (nSPS) is 12.9. The molecule has 1 atom stereocenters. The molecule has 1 aromatic carbocycles. The highest BCUT2D eigenvalue weighted by atomic mass is 35.5. The molecule has 2 aromatic rings. The van der Waals surface area contributed by atoms with Gasteiger partial charge in [0.1, 0.15) is 0 Å². The van der Waals surface area contributed by atoms with Crippen LogP contribution in [0.1, 0.15) is 12.5 Å². The number of hydrogen-bond donors (Lipinski definition) is 2. The summed E-state index contributed by atoms with van der Waals surface area (Å²) in [5.74, 6) is -1.18. The van der Waals surface area contributed by atoms with Crippen molar-refractivity contribution >= 4 is 28.5 Å². The summed E-state index contributed by atoms with van der Waals surface area (Å²) in [7, 11) is 0. The zero-order valence-electron chi connectivity index (χ0n) is 8.83. The molecule has 84 valence electrons. The summed E-state index contributed by atoms with van der Waals surface area (Å²) in [4.78, 5) is 13.9. The standard InChI is InChI=1S/C12H12ClNO2/c1-7(12(15)16)5-8-3-2-4-9-10(13)6-14-11(8)9/h2-4,6-7,14H,5H2,1H3,(H,15,16). The van der Waals surface area contributed by atoms with E-state index in [2.05, 4.69) is 4.98 Å². The number of hydrogen-bond acceptors (Lipinski definition) is 1. The van der Waals surface area contributed by atoms with Crippen molar-refractivity contribution in [3.05, 3.63) is 35.0 Å². The van der Waals surface area contributed by atoms with Gasteiger partial charge in [0.05, 0.1) is 16.5 Å². The number of benzene rings is 1. The van der Waals surface area contributed by atoms with E-state index in [-0.39, 0.29) is 0 Å². The third-order valence-corrected chi connectivity index (χ3v) is 3.01. The van der Waals surface area contributed by atoms with Crippen LogP contribution in [0.3, 0.4) is 0 Å². The van der Waals surface area contributed by atoms with Crippen LogP contribution >= 0.6 is 11.6 Å². The Bertz CT molecular complexity index is 533. The molecule has 0 radical (unpaired) electrons. The summed E-state index contributed by atoms with van der Waals surface area (Å²) in [5.41, 5.74) is 1.92. The van der Waals surface area contributed by atoms with E-state index in [9.17, 15) is 4.79 Å². The van der Waals surface area contributed by atoms with Crippen molar-refractivity contribution in [2.45, 2.75) is 13.3 Å². The molecule has 0 bridgehead atoms. The van der Waals surface area contributed by atoms with Gasteiger partial charge >= 0.3 is 5.97 Å². The minimum Gasteiger partial charge on any atom is -0.481 e. The number of rotatable bonds is 3. The Labute approximate surface area is 98.0 Å². The Hall–Kier alpha value is -1.48. The number of H-pyrrole nitrogens is 1. The Balaban J connectivity index is 2.41. The first-order chi connectivity index (χ1) is 7.59. The number of carboxylic acids is 1. The largest absolute Gasteiger partial charge is 0.481 e. The van der Waals surface area contributed by atoms with Gasteiger partial charge in [-0.15, -0.1) is 0 Å². The van der Waals surface area contributed by atoms with Gasteiger partial charge in [-0.2, -0.15) is 0 Å². The summed E-state index contributed by atoms with van der Waals surface area (Å²) in [6.45, 7) is 1.70. The van der Waals surface area contributed by atoms with E-state index in [1.54, 1.807) is 13.1 Å². The molecule has 2 N–H and O–H groups in total. The maximum Gasteiger partial charge on any atom is 0.306 e. The first kappa shape index (κ1) is 11.0. The van der Waals surface area contributed by atoms with Gasteiger partial charge in [0.2, 0.25) is 0 Å². The van der Waals surface area contributed by atoms with E-state index >= 15 is 0 Å². The lowest BCUT2D eigenvalue weighted by Crippen LogP contribution is -2.12. The number of nitrogens with one attached hydrogen (secondary N) is 1. The average Bonchev–Trinajstić information content (AvgIpc) is 2.62. The van der Waals surface area contributed by atoms with Gasteiger partial charge in [0.25, 0.3) is 0 Å². The highest BCUT2D eigenvalue weighted by Crippen LogP contribution is 2.26. The Morgan fingerprint density at radius 3 is 3.00 bits per heavy atom. The minimum absolute atomic E-state index is 0.396. The van der Waals surface area contributed by atoms with Gasteiger partial charge < -0.3 is 10.1 Å². The number of aliphatic carboxylic acids is 1. The molecule has 4 heteroatoms. The van der Waals surface area contributed by atoms with Gasteiger partial charge in [-0.1, -0.05) is 36.7 Å². The fourth-order valence-electron chi connectivity index (χ4n) is 1.77. The van der Waals surface area contributed by atoms with Crippen LogP contribution in [0.25, 0.3) is 10.9 Å². The van der Waals surface area contributed by atoms with Crippen molar-refractivity contribution < 1.29 is 9.90 Å². The maximum atomic E-state index is 10.8. The van der Waals surface area contributed by atoms with Gasteiger partial charge in [0, 0.05) is 11.6 Å². The van der Waals surface area contributed by atoms with E-state index < -0.39 is 11.9 Å². The number of halogens is 1. The molecule has 3 nitrogen and oxygen atoms in total. The zero-order chi connectivity index (χ0) is 11.7. The predicted molar refractivity (Wildman–Crippen MR) is 63.8 cm³/mol. The third kappa shape index (κ3) is 1.91. The topological polar surface area (TPSA) is 53.1 Å². The lowest BCUT2D eigenvalue weighted by molar-refractivity contribution is -0.141. The number of fused-ring (bicyclic) bond motifs is 1. The van der Waals surface area contributed by atoms with E-state index in [1.165, 1.54) is 0 Å². The van der Waals surface area contributed by atoms with Gasteiger partial charge in [-0.25, -0.2) is 0 Å². The molecular formula is C12H12ClNO2. The van der Waals surface area contributed by atoms with Crippen LogP contribution in [0.5, 0.6) is 0 Å². The summed E-state index contributed by atoms with van der Waals surface area (Å²) < 4.78 is 0. The molecule has 0 amide bonds. The molecule has 1 unspecified atom stereocenters. The first-order valence-electron chi connectivity index (χ1n) is 5.07. The highest BCUT2D eigenvalue weighted by molar-refractivity contribution is 6.35. The van der Waals surface area contributed by atoms with Gasteiger partial charge in [-0.05, 0) is 12.0 Å². The van der Waals surface area contributed by atoms with Crippen LogP contribution in [0.4, 0.5) is 0 Å². The average molecular weight is 238 g/mol. The molecule has 1 aromatic heterocycles. The van der Waals surface area contributed by atoms with Gasteiger partial charge in [0.15, 0.2) is 0 Å². The number of carboxylic acid groups (broad SMARTS) is 1. The fourth-order valence-corrected chi connectivity index (χ4v) is 1.98. The van der Waals surface area contributed by atoms with Crippen LogP contribution in [-0.2, 0) is 11.2 Å². The van der Waals surface area contributed by atoms with Crippen LogP contribution in [0.2, 0.25) is 5.02 Å². The Morgan fingerprint density at radius 1 is 1.56 bits per heavy atom. The second kappa shape index (κ2) is 4.18. The van der Waals surface area contributed by atoms with E-state index in [0.717, 1.165) is 16.5 Å². The van der Waals surface area contributed by atoms with E-state index in [4.69, 9.17) is 16.7 Å². The fraction of sp³-hybridized carbons (Fsp3) is 0.250. The van der Waals surface area contributed by atoms with E-state index in [1.807, 2.05) is 18.2 Å². The number of para-hydroxylation sites is 1. The molecule has 0 saturated carbocycles. The van der Waals surface area contributed by atoms with Crippen LogP contribution in [0, 0.1) is 5.92 Å². The van der Waals surface area contributed by atoms with Crippen molar-refractivity contribution in [3.63, 3.8) is 0 Å². The van der Waals surface area contributed by atoms with Crippen molar-refractivity contribution in [3.8, 4) is 0 Å². The number of carbonyl (C=O) groups is 1. The zero-order valence-corrected chi connectivity index (χ0v) is 9.58. The summed E-state index contributed by atoms with van der Waals surface area (Å²) in [5, 5.41) is 10.5. The monoisotopic (exact) mass is 237 g/mol. The summed E-state index contributed by atoms with van der Waals surface area (Å²) in [6.07, 6.45) is 2.23. The molecule has 0 saturated heterocycles. The first-order valence-corrected chi connectivity index (χ1v) is 5.44. The van der Waals surface area contributed by atoms with E-state index in [0.29, 0.717) is 11.4 Å². The molecule has 1 heterocycles. The van der Waals surface area contributed by atoms with Crippen LogP contribution in [-0.4, -0.2) is 16.1 Å². The molecule has 0 spiro atoms. The van der Waals surface area contributed by atoms with Crippen molar-refractivity contribution in [2.24, 2.45) is 5.92 Å². The number of aromatic nitrogens is 1. The van der Waals surface area contributed by atoms with Crippen molar-refractivity contribution in [1.82, 2.24) is 4.98 Å². The number of aromatic amines is 1. The highest BCUT2D eigenvalue weighted by Gasteiger charge is 2.14. The molecular weight excluding hydrogens is 226 g/mol. The van der Waals surface area contributed by atoms with Crippen LogP contribution in [0.15, 0.2) is 24.4 Å². The smallest absolute Gasteiger partial charge is 0.306 e. The maximum absolute atomic E-state index is 10.8. The Kier molecular flexibility index (Phi) is 2.88. The lowest BCUT2D eigenvalue weighted by atomic mass is 10.00. The second-order valence-electron chi connectivity index (χ2n) is 3.92. The second-order valence-corrected chi connectivity index (χ2v) is 4.33. The SMILES string of the molecule is CC(Cc1cccc2c(Cl)c[nH]c12)C(=O)O. The third-order valence-electron chi connectivity index (χ3n) is 2.70. The quantitative estimate of drug-likeness (QED) is 0.862. The molecule has 0 aliphatic carbocycles. The molecule has 0 fully saturated rings. The molecule has 16 heavy (non-hydrogen) atoms. The summed E-state index contributed by atoms with van der Waals surface area (Å²) >= 11 is 6.00. The molecule has 0 aliphatic heterocycles. The molecule has 0 aliphatic rings.